The van der Waals surface area contributed by atoms with Crippen LogP contribution in [0.3, 0.4) is 0 Å². The molecule has 0 unspecified atom stereocenters. The molecule has 0 saturated carbocycles. The minimum absolute atomic E-state index is 0.106. The summed E-state index contributed by atoms with van der Waals surface area (Å²) in [4.78, 5) is 26.8. The van der Waals surface area contributed by atoms with Gasteiger partial charge in [-0.05, 0) is 56.7 Å². The van der Waals surface area contributed by atoms with Crippen molar-refractivity contribution in [3.63, 3.8) is 0 Å². The molecule has 2 aliphatic rings. The van der Waals surface area contributed by atoms with E-state index in [1.807, 2.05) is 44.2 Å². The first kappa shape index (κ1) is 19.3. The molecule has 2 aliphatic heterocycles. The van der Waals surface area contributed by atoms with E-state index < -0.39 is 5.60 Å². The highest BCUT2D eigenvalue weighted by Gasteiger charge is 2.35. The van der Waals surface area contributed by atoms with Gasteiger partial charge in [0.2, 0.25) is 5.91 Å². The van der Waals surface area contributed by atoms with Crippen LogP contribution >= 0.6 is 0 Å². The molecule has 0 bridgehead atoms. The minimum atomic E-state index is -0.399. The molecule has 0 aromatic heterocycles. The number of carbonyl (C=O) groups is 2. The fraction of sp³-hybridized carbons (Fsp3) is 0.391. The Morgan fingerprint density at radius 2 is 2.07 bits per heavy atom. The van der Waals surface area contributed by atoms with Crippen molar-refractivity contribution in [1.82, 2.24) is 5.32 Å². The summed E-state index contributed by atoms with van der Waals surface area (Å²) in [6.45, 7) is 4.73. The van der Waals surface area contributed by atoms with Gasteiger partial charge in [0.05, 0.1) is 13.2 Å². The number of anilines is 1. The van der Waals surface area contributed by atoms with Gasteiger partial charge < -0.3 is 19.7 Å². The van der Waals surface area contributed by atoms with E-state index in [2.05, 4.69) is 5.32 Å². The summed E-state index contributed by atoms with van der Waals surface area (Å²) in [5, 5.41) is 3.15. The summed E-state index contributed by atoms with van der Waals surface area (Å²) in [5.74, 6) is 1.41. The van der Waals surface area contributed by atoms with E-state index in [1.165, 1.54) is 0 Å². The van der Waals surface area contributed by atoms with Crippen LogP contribution in [0.25, 0.3) is 0 Å². The molecule has 2 heterocycles. The highest BCUT2D eigenvalue weighted by molar-refractivity contribution is 5.99. The van der Waals surface area contributed by atoms with Crippen LogP contribution in [0, 0.1) is 0 Å². The van der Waals surface area contributed by atoms with Gasteiger partial charge in [-0.3, -0.25) is 9.59 Å². The highest BCUT2D eigenvalue weighted by atomic mass is 16.5. The SMILES string of the molecule is COc1ccc2c(c1)[C@H](NC(=O)c1cccc(N3CCCC3=O)c1)CC(C)(C)O2. The van der Waals surface area contributed by atoms with Gasteiger partial charge in [-0.2, -0.15) is 0 Å². The number of benzene rings is 2. The quantitative estimate of drug-likeness (QED) is 0.855. The molecule has 2 aromatic rings. The Kier molecular flexibility index (Phi) is 4.94. The molecule has 0 spiro atoms. The average Bonchev–Trinajstić information content (AvgIpc) is 3.13. The van der Waals surface area contributed by atoms with E-state index in [0.29, 0.717) is 24.9 Å². The number of ether oxygens (including phenoxy) is 2. The smallest absolute Gasteiger partial charge is 0.251 e. The number of rotatable bonds is 4. The number of hydrogen-bond donors (Lipinski definition) is 1. The van der Waals surface area contributed by atoms with Gasteiger partial charge in [0.25, 0.3) is 5.91 Å². The van der Waals surface area contributed by atoms with Gasteiger partial charge >= 0.3 is 0 Å². The molecule has 2 aromatic carbocycles. The van der Waals surface area contributed by atoms with E-state index >= 15 is 0 Å². The van der Waals surface area contributed by atoms with E-state index in [0.717, 1.165) is 29.2 Å². The fourth-order valence-electron chi connectivity index (χ4n) is 4.07. The molecule has 6 nitrogen and oxygen atoms in total. The monoisotopic (exact) mass is 394 g/mol. The summed E-state index contributed by atoms with van der Waals surface area (Å²) in [7, 11) is 1.62. The second-order valence-electron chi connectivity index (χ2n) is 8.19. The zero-order chi connectivity index (χ0) is 20.6. The van der Waals surface area contributed by atoms with Crippen LogP contribution in [-0.2, 0) is 4.79 Å². The number of carbonyl (C=O) groups excluding carboxylic acids is 2. The zero-order valence-corrected chi connectivity index (χ0v) is 17.0. The molecule has 152 valence electrons. The standard InChI is InChI=1S/C23H26N2O4/c1-23(2)14-19(18-13-17(28-3)9-10-20(18)29-23)24-22(27)15-6-4-7-16(12-15)25-11-5-8-21(25)26/h4,6-7,9-10,12-13,19H,5,8,11,14H2,1-3H3,(H,24,27)/t19-/m1/s1. The Labute approximate surface area is 170 Å². The first-order valence-electron chi connectivity index (χ1n) is 9.94. The number of hydrogen-bond acceptors (Lipinski definition) is 4. The second-order valence-corrected chi connectivity index (χ2v) is 8.19. The van der Waals surface area contributed by atoms with Crippen LogP contribution in [0.2, 0.25) is 0 Å². The molecule has 2 amide bonds. The number of nitrogens with one attached hydrogen (secondary N) is 1. The van der Waals surface area contributed by atoms with Gasteiger partial charge in [-0.15, -0.1) is 0 Å². The first-order chi connectivity index (χ1) is 13.9. The Balaban J connectivity index is 1.59. The fourth-order valence-corrected chi connectivity index (χ4v) is 4.07. The third-order valence-corrected chi connectivity index (χ3v) is 5.47. The maximum Gasteiger partial charge on any atom is 0.251 e. The molecule has 6 heteroatoms. The van der Waals surface area contributed by atoms with Gasteiger partial charge in [0.1, 0.15) is 17.1 Å². The van der Waals surface area contributed by atoms with Gasteiger partial charge in [-0.1, -0.05) is 6.07 Å². The number of amides is 2. The second kappa shape index (κ2) is 7.43. The van der Waals surface area contributed by atoms with Crippen LogP contribution in [-0.4, -0.2) is 31.1 Å². The van der Waals surface area contributed by atoms with Crippen molar-refractivity contribution >= 4 is 17.5 Å². The molecule has 4 rings (SSSR count). The first-order valence-corrected chi connectivity index (χ1v) is 9.94. The normalized spacial score (nSPS) is 20.0. The molecular formula is C23H26N2O4. The van der Waals surface area contributed by atoms with Crippen molar-refractivity contribution in [3.8, 4) is 11.5 Å². The number of methoxy groups -OCH3 is 1. The maximum absolute atomic E-state index is 13.1. The molecule has 1 saturated heterocycles. The Morgan fingerprint density at radius 3 is 2.79 bits per heavy atom. The summed E-state index contributed by atoms with van der Waals surface area (Å²) >= 11 is 0. The molecule has 0 radical (unpaired) electrons. The van der Waals surface area contributed by atoms with Crippen LogP contribution in [0.4, 0.5) is 5.69 Å². The average molecular weight is 394 g/mol. The molecule has 0 aliphatic carbocycles. The van der Waals surface area contributed by atoms with Gasteiger partial charge in [0.15, 0.2) is 0 Å². The maximum atomic E-state index is 13.1. The predicted octanol–water partition coefficient (Wildman–Crippen LogP) is 3.85. The lowest BCUT2D eigenvalue weighted by molar-refractivity contribution is -0.117. The summed E-state index contributed by atoms with van der Waals surface area (Å²) in [5.41, 5.74) is 1.82. The lowest BCUT2D eigenvalue weighted by atomic mass is 9.89. The lowest BCUT2D eigenvalue weighted by Crippen LogP contribution is -2.41. The molecule has 29 heavy (non-hydrogen) atoms. The predicted molar refractivity (Wildman–Crippen MR) is 111 cm³/mol. The van der Waals surface area contributed by atoms with Crippen LogP contribution in [0.15, 0.2) is 42.5 Å². The Morgan fingerprint density at radius 1 is 1.24 bits per heavy atom. The summed E-state index contributed by atoms with van der Waals surface area (Å²) in [6.07, 6.45) is 2.06. The van der Waals surface area contributed by atoms with E-state index in [-0.39, 0.29) is 17.9 Å². The van der Waals surface area contributed by atoms with Crippen LogP contribution in [0.5, 0.6) is 11.5 Å². The number of nitrogens with zero attached hydrogens (tertiary/aromatic N) is 1. The van der Waals surface area contributed by atoms with Crippen molar-refractivity contribution < 1.29 is 19.1 Å². The summed E-state index contributed by atoms with van der Waals surface area (Å²) in [6, 6.07) is 12.7. The Hall–Kier alpha value is -3.02. The largest absolute Gasteiger partial charge is 0.497 e. The molecular weight excluding hydrogens is 368 g/mol. The summed E-state index contributed by atoms with van der Waals surface area (Å²) < 4.78 is 11.4. The molecule has 1 fully saturated rings. The van der Waals surface area contributed by atoms with Crippen LogP contribution < -0.4 is 19.7 Å². The van der Waals surface area contributed by atoms with E-state index in [1.54, 1.807) is 24.1 Å². The van der Waals surface area contributed by atoms with Crippen molar-refractivity contribution in [1.29, 1.82) is 0 Å². The van der Waals surface area contributed by atoms with Gasteiger partial charge in [-0.25, -0.2) is 0 Å². The zero-order valence-electron chi connectivity index (χ0n) is 17.0. The lowest BCUT2D eigenvalue weighted by Gasteiger charge is -2.38. The van der Waals surface area contributed by atoms with Crippen molar-refractivity contribution in [2.75, 3.05) is 18.6 Å². The van der Waals surface area contributed by atoms with Gasteiger partial charge in [0, 0.05) is 36.2 Å². The third-order valence-electron chi connectivity index (χ3n) is 5.47. The van der Waals surface area contributed by atoms with Crippen molar-refractivity contribution in [3.05, 3.63) is 53.6 Å². The highest BCUT2D eigenvalue weighted by Crippen LogP contribution is 2.41. The molecule has 1 N–H and O–H groups in total. The van der Waals surface area contributed by atoms with Crippen molar-refractivity contribution in [2.24, 2.45) is 0 Å². The Bertz CT molecular complexity index is 954. The molecule has 1 atom stereocenters. The third kappa shape index (κ3) is 3.92. The topological polar surface area (TPSA) is 67.9 Å². The van der Waals surface area contributed by atoms with Crippen molar-refractivity contribution in [2.45, 2.75) is 44.8 Å². The number of fused-ring (bicyclic) bond motifs is 1. The minimum Gasteiger partial charge on any atom is -0.497 e. The van der Waals surface area contributed by atoms with Crippen LogP contribution in [0.1, 0.15) is 55.1 Å². The van der Waals surface area contributed by atoms with E-state index in [4.69, 9.17) is 9.47 Å². The van der Waals surface area contributed by atoms with E-state index in [9.17, 15) is 9.59 Å².